The lowest BCUT2D eigenvalue weighted by molar-refractivity contribution is -0.132. The van der Waals surface area contributed by atoms with Crippen LogP contribution in [0.1, 0.15) is 129 Å². The second-order valence-electron chi connectivity index (χ2n) is 8.11. The molecule has 0 amide bonds. The molecule has 0 radical (unpaired) electrons. The second-order valence-corrected chi connectivity index (χ2v) is 8.11. The fourth-order valence-electron chi connectivity index (χ4n) is 3.70. The fourth-order valence-corrected chi connectivity index (χ4v) is 3.70. The molecule has 26 heavy (non-hydrogen) atoms. The van der Waals surface area contributed by atoms with Gasteiger partial charge in [-0.05, 0) is 18.8 Å². The standard InChI is InChI=1S/C24H46O2/c1-4-6-7-8-9-10-11-12-13-14-17-20-23(5-2)21-18-15-16-19-22(3)24(25)26/h23H,3-21H2,1-2H3,(H,25,26). The molecule has 1 unspecified atom stereocenters. The van der Waals surface area contributed by atoms with E-state index in [1.165, 1.54) is 96.3 Å². The van der Waals surface area contributed by atoms with Gasteiger partial charge in [0.1, 0.15) is 0 Å². The van der Waals surface area contributed by atoms with Crippen LogP contribution >= 0.6 is 0 Å². The van der Waals surface area contributed by atoms with Crippen molar-refractivity contribution < 1.29 is 9.90 Å². The molecular formula is C24H46O2. The summed E-state index contributed by atoms with van der Waals surface area (Å²) in [4.78, 5) is 10.7. The van der Waals surface area contributed by atoms with Crippen LogP contribution in [0.25, 0.3) is 0 Å². The maximum Gasteiger partial charge on any atom is 0.330 e. The summed E-state index contributed by atoms with van der Waals surface area (Å²) in [5.74, 6) is 0.0316. The summed E-state index contributed by atoms with van der Waals surface area (Å²) < 4.78 is 0. The minimum Gasteiger partial charge on any atom is -0.478 e. The third-order valence-corrected chi connectivity index (χ3v) is 5.69. The van der Waals surface area contributed by atoms with Crippen LogP contribution < -0.4 is 0 Å². The molecule has 0 rings (SSSR count). The predicted molar refractivity (Wildman–Crippen MR) is 115 cm³/mol. The van der Waals surface area contributed by atoms with E-state index >= 15 is 0 Å². The number of hydrogen-bond donors (Lipinski definition) is 1. The quantitative estimate of drug-likeness (QED) is 0.174. The van der Waals surface area contributed by atoms with Crippen molar-refractivity contribution in [3.8, 4) is 0 Å². The molecule has 0 heterocycles. The van der Waals surface area contributed by atoms with Crippen LogP contribution in [-0.2, 0) is 4.79 Å². The van der Waals surface area contributed by atoms with Crippen molar-refractivity contribution in [1.82, 2.24) is 0 Å². The molecular weight excluding hydrogens is 320 g/mol. The van der Waals surface area contributed by atoms with Gasteiger partial charge in [0, 0.05) is 5.57 Å². The Bertz CT molecular complexity index is 335. The Hall–Kier alpha value is -0.790. The molecule has 0 aliphatic rings. The van der Waals surface area contributed by atoms with Crippen LogP contribution in [0.3, 0.4) is 0 Å². The third-order valence-electron chi connectivity index (χ3n) is 5.69. The van der Waals surface area contributed by atoms with Crippen LogP contribution in [0.15, 0.2) is 12.2 Å². The van der Waals surface area contributed by atoms with Crippen LogP contribution in [0.4, 0.5) is 0 Å². The van der Waals surface area contributed by atoms with Gasteiger partial charge in [-0.25, -0.2) is 4.79 Å². The van der Waals surface area contributed by atoms with Crippen LogP contribution in [0.2, 0.25) is 0 Å². The first-order valence-electron chi connectivity index (χ1n) is 11.5. The number of hydrogen-bond acceptors (Lipinski definition) is 1. The number of carbonyl (C=O) groups is 1. The Labute approximate surface area is 163 Å². The molecule has 0 fully saturated rings. The Balaban J connectivity index is 3.40. The van der Waals surface area contributed by atoms with Crippen molar-refractivity contribution in [2.75, 3.05) is 0 Å². The van der Waals surface area contributed by atoms with Gasteiger partial charge in [0.15, 0.2) is 0 Å². The van der Waals surface area contributed by atoms with Crippen LogP contribution in [-0.4, -0.2) is 11.1 Å². The lowest BCUT2D eigenvalue weighted by Gasteiger charge is -2.14. The summed E-state index contributed by atoms with van der Waals surface area (Å²) in [6.07, 6.45) is 23.6. The van der Waals surface area contributed by atoms with Gasteiger partial charge in [0.25, 0.3) is 0 Å². The van der Waals surface area contributed by atoms with Gasteiger partial charge in [-0.2, -0.15) is 0 Å². The molecule has 1 atom stereocenters. The number of rotatable bonds is 20. The molecule has 0 aromatic rings. The highest BCUT2D eigenvalue weighted by atomic mass is 16.4. The lowest BCUT2D eigenvalue weighted by Crippen LogP contribution is -2.00. The highest BCUT2D eigenvalue weighted by Crippen LogP contribution is 2.22. The SMILES string of the molecule is C=C(CCCCCC(CC)CCCCCCCCCCCCC)C(=O)O. The Morgan fingerprint density at radius 3 is 1.58 bits per heavy atom. The van der Waals surface area contributed by atoms with Crippen LogP contribution in [0, 0.1) is 5.92 Å². The van der Waals surface area contributed by atoms with Gasteiger partial charge in [0.05, 0.1) is 0 Å². The van der Waals surface area contributed by atoms with Crippen molar-refractivity contribution in [3.63, 3.8) is 0 Å². The number of aliphatic carboxylic acids is 1. The maximum atomic E-state index is 10.7. The van der Waals surface area contributed by atoms with Gasteiger partial charge < -0.3 is 5.11 Å². The van der Waals surface area contributed by atoms with Gasteiger partial charge >= 0.3 is 5.97 Å². The van der Waals surface area contributed by atoms with E-state index < -0.39 is 5.97 Å². The smallest absolute Gasteiger partial charge is 0.330 e. The van der Waals surface area contributed by atoms with E-state index in [0.29, 0.717) is 12.0 Å². The lowest BCUT2D eigenvalue weighted by atomic mass is 9.92. The molecule has 2 nitrogen and oxygen atoms in total. The first kappa shape index (κ1) is 25.2. The van der Waals surface area contributed by atoms with Crippen molar-refractivity contribution >= 4 is 5.97 Å². The van der Waals surface area contributed by atoms with Crippen LogP contribution in [0.5, 0.6) is 0 Å². The van der Waals surface area contributed by atoms with Gasteiger partial charge in [-0.3, -0.25) is 0 Å². The summed E-state index contributed by atoms with van der Waals surface area (Å²) >= 11 is 0. The molecule has 0 aliphatic heterocycles. The molecule has 0 saturated heterocycles. The van der Waals surface area contributed by atoms with Gasteiger partial charge in [-0.1, -0.05) is 123 Å². The molecule has 0 aromatic carbocycles. The second kappa shape index (κ2) is 19.0. The van der Waals surface area contributed by atoms with E-state index in [-0.39, 0.29) is 0 Å². The van der Waals surface area contributed by atoms with E-state index in [1.54, 1.807) is 0 Å². The topological polar surface area (TPSA) is 37.3 Å². The fraction of sp³-hybridized carbons (Fsp3) is 0.875. The largest absolute Gasteiger partial charge is 0.478 e. The molecule has 1 N–H and O–H groups in total. The van der Waals surface area contributed by atoms with Crippen molar-refractivity contribution in [2.24, 2.45) is 5.92 Å². The number of carboxylic acids is 1. The zero-order chi connectivity index (χ0) is 19.5. The molecule has 0 aromatic heterocycles. The summed E-state index contributed by atoms with van der Waals surface area (Å²) in [5.41, 5.74) is 0.359. The zero-order valence-electron chi connectivity index (χ0n) is 17.9. The number of carboxylic acid groups (broad SMARTS) is 1. The average Bonchev–Trinajstić information content (AvgIpc) is 2.63. The van der Waals surface area contributed by atoms with E-state index in [1.807, 2.05) is 0 Å². The minimum absolute atomic E-state index is 0.359. The van der Waals surface area contributed by atoms with Crippen molar-refractivity contribution in [3.05, 3.63) is 12.2 Å². The van der Waals surface area contributed by atoms with Gasteiger partial charge in [0.2, 0.25) is 0 Å². The maximum absolute atomic E-state index is 10.7. The first-order chi connectivity index (χ1) is 12.6. The summed E-state index contributed by atoms with van der Waals surface area (Å²) in [6.45, 7) is 8.19. The molecule has 0 saturated carbocycles. The molecule has 0 aliphatic carbocycles. The van der Waals surface area contributed by atoms with E-state index in [2.05, 4.69) is 20.4 Å². The molecule has 0 spiro atoms. The first-order valence-corrected chi connectivity index (χ1v) is 11.5. The summed E-state index contributed by atoms with van der Waals surface area (Å²) in [7, 11) is 0. The zero-order valence-corrected chi connectivity index (χ0v) is 17.9. The Morgan fingerprint density at radius 2 is 1.15 bits per heavy atom. The molecule has 154 valence electrons. The van der Waals surface area contributed by atoms with Crippen molar-refractivity contribution in [1.29, 1.82) is 0 Å². The molecule has 0 bridgehead atoms. The predicted octanol–water partition coefficient (Wildman–Crippen LogP) is 8.31. The Morgan fingerprint density at radius 1 is 0.731 bits per heavy atom. The normalized spacial score (nSPS) is 12.2. The van der Waals surface area contributed by atoms with E-state index in [4.69, 9.17) is 5.11 Å². The average molecular weight is 367 g/mol. The van der Waals surface area contributed by atoms with E-state index in [0.717, 1.165) is 18.8 Å². The molecule has 2 heteroatoms. The highest BCUT2D eigenvalue weighted by Gasteiger charge is 2.07. The summed E-state index contributed by atoms with van der Waals surface area (Å²) in [5, 5.41) is 8.80. The highest BCUT2D eigenvalue weighted by molar-refractivity contribution is 5.85. The minimum atomic E-state index is -0.840. The third kappa shape index (κ3) is 16.7. The summed E-state index contributed by atoms with van der Waals surface area (Å²) in [6, 6.07) is 0. The Kier molecular flexibility index (Phi) is 18.4. The van der Waals surface area contributed by atoms with Crippen molar-refractivity contribution in [2.45, 2.75) is 129 Å². The van der Waals surface area contributed by atoms with E-state index in [9.17, 15) is 4.79 Å². The van der Waals surface area contributed by atoms with Gasteiger partial charge in [-0.15, -0.1) is 0 Å². The monoisotopic (exact) mass is 366 g/mol. The number of unbranched alkanes of at least 4 members (excludes halogenated alkanes) is 12.